The monoisotopic (exact) mass is 838 g/mol. The van der Waals surface area contributed by atoms with Crippen LogP contribution in [0, 0.1) is 17.8 Å². The first-order chi connectivity index (χ1) is 19.9. The van der Waals surface area contributed by atoms with E-state index < -0.39 is 30.5 Å². The maximum atomic E-state index is 11.7. The van der Waals surface area contributed by atoms with Crippen molar-refractivity contribution in [3.63, 3.8) is 0 Å². The highest BCUT2D eigenvalue weighted by Crippen LogP contribution is 2.44. The number of carbonyl (C=O) groups excluding carboxylic acids is 2. The predicted octanol–water partition coefficient (Wildman–Crippen LogP) is 7.74. The summed E-state index contributed by atoms with van der Waals surface area (Å²) in [6.45, 7) is 11.0. The molecule has 1 saturated heterocycles. The Morgan fingerprint density at radius 2 is 1.37 bits per heavy atom. The Hall–Kier alpha value is -1.05. The number of carbonyl (C=O) groups is 2. The fourth-order valence-electron chi connectivity index (χ4n) is 6.31. The topological polar surface area (TPSA) is 102 Å². The summed E-state index contributed by atoms with van der Waals surface area (Å²) >= 11 is 6.91. The van der Waals surface area contributed by atoms with Gasteiger partial charge in [0.2, 0.25) is 0 Å². The number of aliphatic hydroxyl groups is 2. The molecule has 43 heavy (non-hydrogen) atoms. The van der Waals surface area contributed by atoms with Crippen molar-refractivity contribution >= 4 is 67.8 Å². The van der Waals surface area contributed by atoms with E-state index in [0.717, 1.165) is 39.3 Å². The minimum absolute atomic E-state index is 0. The molecule has 7 nitrogen and oxygen atoms in total. The molecule has 10 atom stereocenters. The molecule has 2 N–H and O–H groups in total. The molecule has 1 aliphatic carbocycles. The van der Waals surface area contributed by atoms with E-state index >= 15 is 0 Å². The standard InChI is InChI=1S/C19H25BrO4.C14H19BrO3.HI/c1-5-14-10-17(15-7-6-8-16(20)9-15)19(24-13(4)22)18(11(14)2)23-12(3)21;1-3-11-8(2)12(16)13(17)14(18-11)9-5-4-6-10(15)7-9;/h6-9,11,14,17-19H,5,10H2,1-4H3;4-8,11-14,16-17H,3H2,1-2H3;1H/t11-,14+,17-,18+,19-;8-,11-,12+,13+,14-;/m11./s1. The predicted molar refractivity (Wildman–Crippen MR) is 184 cm³/mol. The van der Waals surface area contributed by atoms with Gasteiger partial charge in [0.1, 0.15) is 24.4 Å². The summed E-state index contributed by atoms with van der Waals surface area (Å²) < 4.78 is 19.1. The van der Waals surface area contributed by atoms with Crippen LogP contribution in [0.3, 0.4) is 0 Å². The second kappa shape index (κ2) is 17.6. The van der Waals surface area contributed by atoms with E-state index in [2.05, 4.69) is 51.8 Å². The lowest BCUT2D eigenvalue weighted by Crippen LogP contribution is -2.49. The summed E-state index contributed by atoms with van der Waals surface area (Å²) in [5.74, 6) is -0.171. The molecule has 0 radical (unpaired) electrons. The van der Waals surface area contributed by atoms with Crippen LogP contribution >= 0.6 is 55.8 Å². The van der Waals surface area contributed by atoms with Gasteiger partial charge in [-0.05, 0) is 60.1 Å². The molecular formula is C33H45Br2IO7. The number of esters is 2. The van der Waals surface area contributed by atoms with Crippen molar-refractivity contribution in [3.8, 4) is 0 Å². The van der Waals surface area contributed by atoms with Crippen LogP contribution in [0.2, 0.25) is 0 Å². The highest BCUT2D eigenvalue weighted by Gasteiger charge is 2.46. The molecule has 0 unspecified atom stereocenters. The Morgan fingerprint density at radius 3 is 1.88 bits per heavy atom. The van der Waals surface area contributed by atoms with Crippen LogP contribution in [-0.2, 0) is 23.8 Å². The lowest BCUT2D eigenvalue weighted by molar-refractivity contribution is -0.199. The summed E-state index contributed by atoms with van der Waals surface area (Å²) in [5.41, 5.74) is 1.99. The third kappa shape index (κ3) is 9.97. The smallest absolute Gasteiger partial charge is 0.303 e. The Balaban J connectivity index is 0.000000304. The zero-order valence-electron chi connectivity index (χ0n) is 25.6. The van der Waals surface area contributed by atoms with Gasteiger partial charge < -0.3 is 24.4 Å². The van der Waals surface area contributed by atoms with E-state index in [-0.39, 0.29) is 59.8 Å². The molecule has 2 aromatic carbocycles. The van der Waals surface area contributed by atoms with E-state index in [1.165, 1.54) is 13.8 Å². The van der Waals surface area contributed by atoms with E-state index in [1.807, 2.05) is 56.3 Å². The quantitative estimate of drug-likeness (QED) is 0.227. The molecule has 0 amide bonds. The van der Waals surface area contributed by atoms with Crippen molar-refractivity contribution in [1.82, 2.24) is 0 Å². The zero-order chi connectivity index (χ0) is 31.1. The largest absolute Gasteiger partial charge is 0.458 e. The second-order valence-electron chi connectivity index (χ2n) is 11.5. The van der Waals surface area contributed by atoms with Crippen LogP contribution < -0.4 is 0 Å². The van der Waals surface area contributed by atoms with Gasteiger partial charge in [0.15, 0.2) is 0 Å². The van der Waals surface area contributed by atoms with Crippen LogP contribution in [0.25, 0.3) is 0 Å². The molecule has 10 heteroatoms. The number of hydrogen-bond acceptors (Lipinski definition) is 7. The van der Waals surface area contributed by atoms with Crippen LogP contribution in [-0.4, -0.2) is 52.7 Å². The van der Waals surface area contributed by atoms with Crippen molar-refractivity contribution in [2.24, 2.45) is 17.8 Å². The molecule has 1 saturated carbocycles. The normalized spacial score (nSPS) is 32.0. The molecule has 2 fully saturated rings. The fraction of sp³-hybridized carbons (Fsp3) is 0.576. The molecule has 0 aromatic heterocycles. The molecule has 240 valence electrons. The zero-order valence-corrected chi connectivity index (χ0v) is 31.1. The van der Waals surface area contributed by atoms with Gasteiger partial charge in [-0.2, -0.15) is 0 Å². The summed E-state index contributed by atoms with van der Waals surface area (Å²) in [7, 11) is 0. The SMILES string of the molecule is CC[C@H]1C[C@H](c2cccc(Br)c2)[C@@H](OC(C)=O)[C@@H](OC(C)=O)[C@@H]1C.CC[C@H]1O[C@H](c2cccc(Br)c2)[C@@H](O)[C@@H](O)[C@@H]1C.I. The summed E-state index contributed by atoms with van der Waals surface area (Å²) in [5, 5.41) is 20.3. The van der Waals surface area contributed by atoms with E-state index in [9.17, 15) is 19.8 Å². The van der Waals surface area contributed by atoms with E-state index in [4.69, 9.17) is 14.2 Å². The summed E-state index contributed by atoms with van der Waals surface area (Å²) in [6.07, 6.45) is -0.251. The lowest BCUT2D eigenvalue weighted by Gasteiger charge is -2.44. The van der Waals surface area contributed by atoms with E-state index in [1.54, 1.807) is 0 Å². The van der Waals surface area contributed by atoms with Crippen molar-refractivity contribution in [2.45, 2.75) is 103 Å². The first-order valence-electron chi connectivity index (χ1n) is 14.7. The van der Waals surface area contributed by atoms with Crippen LogP contribution in [0.1, 0.15) is 84.0 Å². The second-order valence-corrected chi connectivity index (χ2v) is 13.3. The van der Waals surface area contributed by atoms with Crippen molar-refractivity contribution in [2.75, 3.05) is 0 Å². The molecule has 4 rings (SSSR count). The Morgan fingerprint density at radius 1 is 0.837 bits per heavy atom. The van der Waals surface area contributed by atoms with E-state index in [0.29, 0.717) is 5.92 Å². The first kappa shape index (κ1) is 38.1. The molecular weight excluding hydrogens is 795 g/mol. The summed E-state index contributed by atoms with van der Waals surface area (Å²) in [4.78, 5) is 23.3. The number of benzene rings is 2. The number of aliphatic hydroxyl groups excluding tert-OH is 2. The molecule has 0 bridgehead atoms. The molecule has 2 aliphatic rings. The van der Waals surface area contributed by atoms with Crippen molar-refractivity contribution < 1.29 is 34.0 Å². The number of halogens is 3. The fourth-order valence-corrected chi connectivity index (χ4v) is 7.14. The van der Waals surface area contributed by atoms with Gasteiger partial charge in [0, 0.05) is 34.6 Å². The number of rotatable bonds is 6. The van der Waals surface area contributed by atoms with Crippen LogP contribution in [0.4, 0.5) is 0 Å². The minimum atomic E-state index is -0.878. The van der Waals surface area contributed by atoms with Gasteiger partial charge in [0.25, 0.3) is 0 Å². The van der Waals surface area contributed by atoms with Gasteiger partial charge >= 0.3 is 11.9 Å². The van der Waals surface area contributed by atoms with Gasteiger partial charge in [0.05, 0.1) is 12.2 Å². The van der Waals surface area contributed by atoms with Crippen molar-refractivity contribution in [1.29, 1.82) is 0 Å². The van der Waals surface area contributed by atoms with Gasteiger partial charge in [-0.25, -0.2) is 0 Å². The Kier molecular flexibility index (Phi) is 15.6. The van der Waals surface area contributed by atoms with Crippen LogP contribution in [0.5, 0.6) is 0 Å². The average Bonchev–Trinajstić information content (AvgIpc) is 2.94. The summed E-state index contributed by atoms with van der Waals surface area (Å²) in [6, 6.07) is 15.7. The highest BCUT2D eigenvalue weighted by atomic mass is 127. The average molecular weight is 840 g/mol. The third-order valence-electron chi connectivity index (χ3n) is 8.63. The minimum Gasteiger partial charge on any atom is -0.458 e. The maximum absolute atomic E-state index is 11.7. The van der Waals surface area contributed by atoms with Gasteiger partial charge in [-0.15, -0.1) is 24.0 Å². The first-order valence-corrected chi connectivity index (χ1v) is 16.3. The number of ether oxygens (including phenoxy) is 3. The third-order valence-corrected chi connectivity index (χ3v) is 9.62. The molecule has 1 heterocycles. The molecule has 0 spiro atoms. The number of hydrogen-bond donors (Lipinski definition) is 2. The van der Waals surface area contributed by atoms with Crippen LogP contribution in [0.15, 0.2) is 57.5 Å². The van der Waals surface area contributed by atoms with Gasteiger partial charge in [-0.1, -0.05) is 90.2 Å². The molecule has 2 aromatic rings. The van der Waals surface area contributed by atoms with Crippen molar-refractivity contribution in [3.05, 3.63) is 68.6 Å². The van der Waals surface area contributed by atoms with Gasteiger partial charge in [-0.3, -0.25) is 9.59 Å². The maximum Gasteiger partial charge on any atom is 0.303 e. The lowest BCUT2D eigenvalue weighted by atomic mass is 9.68. The Labute approximate surface area is 289 Å². The molecule has 1 aliphatic heterocycles. The Bertz CT molecular complexity index is 1200. The highest BCUT2D eigenvalue weighted by molar-refractivity contribution is 14.0.